The van der Waals surface area contributed by atoms with Crippen LogP contribution in [0.3, 0.4) is 0 Å². The molecule has 1 aliphatic rings. The number of benzene rings is 1. The number of hydrogen-bond acceptors (Lipinski definition) is 4. The van der Waals surface area contributed by atoms with Gasteiger partial charge in [0.15, 0.2) is 0 Å². The summed E-state index contributed by atoms with van der Waals surface area (Å²) in [5.41, 5.74) is 1.90. The summed E-state index contributed by atoms with van der Waals surface area (Å²) >= 11 is 0. The van der Waals surface area contributed by atoms with Crippen molar-refractivity contribution in [3.63, 3.8) is 0 Å². The Balaban J connectivity index is 1.50. The van der Waals surface area contributed by atoms with Crippen molar-refractivity contribution >= 4 is 5.91 Å². The minimum absolute atomic E-state index is 0.0764. The van der Waals surface area contributed by atoms with Crippen molar-refractivity contribution in [2.24, 2.45) is 0 Å². The van der Waals surface area contributed by atoms with E-state index in [0.29, 0.717) is 5.56 Å². The summed E-state index contributed by atoms with van der Waals surface area (Å²) in [7, 11) is 1.71. The van der Waals surface area contributed by atoms with E-state index in [1.165, 1.54) is 5.56 Å². The molecule has 1 aromatic heterocycles. The highest BCUT2D eigenvalue weighted by atomic mass is 16.5. The van der Waals surface area contributed by atoms with E-state index in [1.807, 2.05) is 29.2 Å². The number of carbonyl (C=O) groups excluding carboxylic acids is 1. The number of amides is 1. The highest BCUT2D eigenvalue weighted by Crippen LogP contribution is 2.18. The fraction of sp³-hybridized carbons (Fsp3) is 0.368. The molecule has 5 nitrogen and oxygen atoms in total. The number of pyridine rings is 1. The van der Waals surface area contributed by atoms with E-state index >= 15 is 0 Å². The molecule has 0 bridgehead atoms. The quantitative estimate of drug-likeness (QED) is 0.844. The number of hydrogen-bond donors (Lipinski definition) is 0. The van der Waals surface area contributed by atoms with Crippen LogP contribution in [0.15, 0.2) is 48.8 Å². The Morgan fingerprint density at radius 2 is 1.92 bits per heavy atom. The monoisotopic (exact) mass is 325 g/mol. The molecule has 3 rings (SSSR count). The van der Waals surface area contributed by atoms with Gasteiger partial charge in [0.05, 0.1) is 12.7 Å². The van der Waals surface area contributed by atoms with E-state index in [4.69, 9.17) is 4.74 Å². The van der Waals surface area contributed by atoms with Crippen LogP contribution in [-0.4, -0.2) is 60.5 Å². The first-order valence-electron chi connectivity index (χ1n) is 8.31. The van der Waals surface area contributed by atoms with Gasteiger partial charge in [0, 0.05) is 45.1 Å². The van der Waals surface area contributed by atoms with Crippen LogP contribution >= 0.6 is 0 Å². The average molecular weight is 325 g/mol. The summed E-state index contributed by atoms with van der Waals surface area (Å²) in [6, 6.07) is 11.8. The molecule has 5 heteroatoms. The van der Waals surface area contributed by atoms with Gasteiger partial charge in [-0.25, -0.2) is 0 Å². The summed E-state index contributed by atoms with van der Waals surface area (Å²) in [6.45, 7) is 4.32. The van der Waals surface area contributed by atoms with Crippen LogP contribution in [0, 0.1) is 0 Å². The maximum absolute atomic E-state index is 12.4. The van der Waals surface area contributed by atoms with E-state index in [-0.39, 0.29) is 5.91 Å². The number of rotatable bonds is 5. The Hall–Kier alpha value is -2.40. The van der Waals surface area contributed by atoms with Gasteiger partial charge in [-0.1, -0.05) is 18.2 Å². The maximum Gasteiger partial charge on any atom is 0.255 e. The SMILES string of the molecule is COc1ccccc1CCN1CCN(C(=O)c2cccnc2)CC1. The first-order chi connectivity index (χ1) is 11.8. The molecule has 1 aromatic carbocycles. The number of methoxy groups -OCH3 is 1. The topological polar surface area (TPSA) is 45.7 Å². The third kappa shape index (κ3) is 3.92. The summed E-state index contributed by atoms with van der Waals surface area (Å²) in [4.78, 5) is 20.8. The Bertz CT molecular complexity index is 667. The first kappa shape index (κ1) is 16.5. The lowest BCUT2D eigenvalue weighted by Crippen LogP contribution is -2.49. The van der Waals surface area contributed by atoms with E-state index in [2.05, 4.69) is 16.0 Å². The number of aromatic nitrogens is 1. The zero-order valence-corrected chi connectivity index (χ0v) is 14.0. The molecule has 24 heavy (non-hydrogen) atoms. The lowest BCUT2D eigenvalue weighted by Gasteiger charge is -2.34. The predicted molar refractivity (Wildman–Crippen MR) is 93.3 cm³/mol. The van der Waals surface area contributed by atoms with Gasteiger partial charge in [-0.2, -0.15) is 0 Å². The van der Waals surface area contributed by atoms with Gasteiger partial charge >= 0.3 is 0 Å². The van der Waals surface area contributed by atoms with Gasteiger partial charge in [-0.3, -0.25) is 14.7 Å². The second kappa shape index (κ2) is 7.93. The van der Waals surface area contributed by atoms with Crippen molar-refractivity contribution in [1.29, 1.82) is 0 Å². The molecule has 0 radical (unpaired) electrons. The fourth-order valence-corrected chi connectivity index (χ4v) is 3.03. The molecular weight excluding hydrogens is 302 g/mol. The predicted octanol–water partition coefficient (Wildman–Crippen LogP) is 2.09. The molecule has 0 spiro atoms. The van der Waals surface area contributed by atoms with Crippen LogP contribution in [-0.2, 0) is 6.42 Å². The van der Waals surface area contributed by atoms with Crippen LogP contribution in [0.4, 0.5) is 0 Å². The van der Waals surface area contributed by atoms with Gasteiger partial charge in [-0.15, -0.1) is 0 Å². The summed E-state index contributed by atoms with van der Waals surface area (Å²) < 4.78 is 5.41. The van der Waals surface area contributed by atoms with E-state index in [1.54, 1.807) is 25.6 Å². The summed E-state index contributed by atoms with van der Waals surface area (Å²) in [5.74, 6) is 1.02. The second-order valence-electron chi connectivity index (χ2n) is 5.94. The Labute approximate surface area is 142 Å². The van der Waals surface area contributed by atoms with Crippen LogP contribution in [0.1, 0.15) is 15.9 Å². The van der Waals surface area contributed by atoms with Crippen molar-refractivity contribution < 1.29 is 9.53 Å². The second-order valence-corrected chi connectivity index (χ2v) is 5.94. The van der Waals surface area contributed by atoms with E-state index in [9.17, 15) is 4.79 Å². The molecule has 2 aromatic rings. The number of ether oxygens (including phenoxy) is 1. The van der Waals surface area contributed by atoms with Gasteiger partial charge in [0.1, 0.15) is 5.75 Å². The lowest BCUT2D eigenvalue weighted by molar-refractivity contribution is 0.0638. The van der Waals surface area contributed by atoms with Gasteiger partial charge in [0.2, 0.25) is 0 Å². The number of nitrogens with zero attached hydrogens (tertiary/aromatic N) is 3. The van der Waals surface area contributed by atoms with Crippen molar-refractivity contribution in [2.45, 2.75) is 6.42 Å². The van der Waals surface area contributed by atoms with E-state index < -0.39 is 0 Å². The molecule has 0 N–H and O–H groups in total. The molecule has 1 amide bonds. The smallest absolute Gasteiger partial charge is 0.255 e. The molecule has 0 saturated carbocycles. The maximum atomic E-state index is 12.4. The third-order valence-corrected chi connectivity index (χ3v) is 4.46. The van der Waals surface area contributed by atoms with Gasteiger partial charge in [0.25, 0.3) is 5.91 Å². The van der Waals surface area contributed by atoms with Crippen molar-refractivity contribution in [2.75, 3.05) is 39.8 Å². The first-order valence-corrected chi connectivity index (χ1v) is 8.31. The standard InChI is InChI=1S/C19H23N3O2/c1-24-18-7-3-2-5-16(18)8-10-21-11-13-22(14-12-21)19(23)17-6-4-9-20-15-17/h2-7,9,15H,8,10-14H2,1H3. The summed E-state index contributed by atoms with van der Waals surface area (Å²) in [5, 5.41) is 0. The molecule has 126 valence electrons. The fourth-order valence-electron chi connectivity index (χ4n) is 3.03. The number of carbonyl (C=O) groups is 1. The molecule has 1 aliphatic heterocycles. The van der Waals surface area contributed by atoms with Crippen molar-refractivity contribution in [1.82, 2.24) is 14.8 Å². The van der Waals surface area contributed by atoms with Crippen molar-refractivity contribution in [3.05, 3.63) is 59.9 Å². The number of piperazine rings is 1. The Kier molecular flexibility index (Phi) is 5.43. The molecule has 0 unspecified atom stereocenters. The molecule has 2 heterocycles. The third-order valence-electron chi connectivity index (χ3n) is 4.46. The molecule has 0 atom stereocenters. The average Bonchev–Trinajstić information content (AvgIpc) is 2.67. The Morgan fingerprint density at radius 3 is 2.62 bits per heavy atom. The number of para-hydroxylation sites is 1. The van der Waals surface area contributed by atoms with Crippen LogP contribution in [0.5, 0.6) is 5.75 Å². The lowest BCUT2D eigenvalue weighted by atomic mass is 10.1. The minimum Gasteiger partial charge on any atom is -0.496 e. The van der Waals surface area contributed by atoms with Crippen LogP contribution < -0.4 is 4.74 Å². The largest absolute Gasteiger partial charge is 0.496 e. The Morgan fingerprint density at radius 1 is 1.12 bits per heavy atom. The van der Waals surface area contributed by atoms with Gasteiger partial charge in [-0.05, 0) is 30.2 Å². The zero-order chi connectivity index (χ0) is 16.8. The normalized spacial score (nSPS) is 15.3. The van der Waals surface area contributed by atoms with Crippen LogP contribution in [0.25, 0.3) is 0 Å². The van der Waals surface area contributed by atoms with Crippen molar-refractivity contribution in [3.8, 4) is 5.75 Å². The van der Waals surface area contributed by atoms with Crippen LogP contribution in [0.2, 0.25) is 0 Å². The van der Waals surface area contributed by atoms with E-state index in [0.717, 1.165) is 44.9 Å². The zero-order valence-electron chi connectivity index (χ0n) is 14.0. The molecule has 0 aliphatic carbocycles. The minimum atomic E-state index is 0.0764. The molecular formula is C19H23N3O2. The summed E-state index contributed by atoms with van der Waals surface area (Å²) in [6.07, 6.45) is 4.28. The highest BCUT2D eigenvalue weighted by Gasteiger charge is 2.22. The highest BCUT2D eigenvalue weighted by molar-refractivity contribution is 5.93. The van der Waals surface area contributed by atoms with Gasteiger partial charge < -0.3 is 9.64 Å². The molecule has 1 saturated heterocycles. The molecule has 1 fully saturated rings.